The molecular weight excluding hydrogens is 416 g/mol. The van der Waals surface area contributed by atoms with Gasteiger partial charge in [-0.1, -0.05) is 17.7 Å². The van der Waals surface area contributed by atoms with Gasteiger partial charge in [-0.15, -0.1) is 0 Å². The third kappa shape index (κ3) is 6.02. The fraction of sp³-hybridized carbons (Fsp3) is 0.158. The molecule has 2 rings (SSSR count). The van der Waals surface area contributed by atoms with Crippen LogP contribution in [0, 0.1) is 21.4 Å². The second kappa shape index (κ2) is 9.99. The molecule has 2 amide bonds. The third-order valence-corrected chi connectivity index (χ3v) is 4.05. The highest BCUT2D eigenvalue weighted by Crippen LogP contribution is 2.20. The van der Waals surface area contributed by atoms with E-state index in [4.69, 9.17) is 21.6 Å². The smallest absolute Gasteiger partial charge is 0.328 e. The number of nitriles is 1. The van der Waals surface area contributed by atoms with E-state index in [1.54, 1.807) is 0 Å². The number of nitro groups is 1. The van der Waals surface area contributed by atoms with Gasteiger partial charge in [0.25, 0.3) is 17.5 Å². The minimum atomic E-state index is -1.10. The lowest BCUT2D eigenvalue weighted by Crippen LogP contribution is -2.40. The van der Waals surface area contributed by atoms with Crippen LogP contribution in [0.4, 0.5) is 11.4 Å². The molecule has 0 aromatic heterocycles. The number of ether oxygens (including phenoxy) is 1. The molecule has 0 heterocycles. The SMILES string of the molecule is CC(NC(=O)c1cccc([N+](=O)[O-])c1)C(=O)OCC(=O)Nc1ccc(C#N)c(Cl)c1. The lowest BCUT2D eigenvalue weighted by Gasteiger charge is -2.13. The Morgan fingerprint density at radius 2 is 2.00 bits per heavy atom. The maximum atomic E-state index is 12.1. The summed E-state index contributed by atoms with van der Waals surface area (Å²) in [4.78, 5) is 46.2. The van der Waals surface area contributed by atoms with Crippen molar-refractivity contribution in [1.82, 2.24) is 5.32 Å². The Hall–Kier alpha value is -3.97. The molecule has 0 fully saturated rings. The summed E-state index contributed by atoms with van der Waals surface area (Å²) in [6.07, 6.45) is 0. The molecule has 0 aliphatic heterocycles. The number of nitrogens with one attached hydrogen (secondary N) is 2. The van der Waals surface area contributed by atoms with Gasteiger partial charge in [0.05, 0.1) is 15.5 Å². The van der Waals surface area contributed by atoms with Crippen LogP contribution in [-0.2, 0) is 14.3 Å². The molecule has 0 aliphatic carbocycles. The minimum absolute atomic E-state index is 0.000660. The van der Waals surface area contributed by atoms with Crippen molar-refractivity contribution in [1.29, 1.82) is 5.26 Å². The Kier molecular flexibility index (Phi) is 7.44. The number of non-ortho nitro benzene ring substituents is 1. The second-order valence-corrected chi connectivity index (χ2v) is 6.37. The Morgan fingerprint density at radius 3 is 2.63 bits per heavy atom. The zero-order valence-electron chi connectivity index (χ0n) is 15.5. The lowest BCUT2D eigenvalue weighted by atomic mass is 10.2. The third-order valence-electron chi connectivity index (χ3n) is 3.74. The first kappa shape index (κ1) is 22.3. The Bertz CT molecular complexity index is 1050. The number of carbonyl (C=O) groups excluding carboxylic acids is 3. The molecule has 2 N–H and O–H groups in total. The number of esters is 1. The van der Waals surface area contributed by atoms with Crippen LogP contribution in [0.1, 0.15) is 22.8 Å². The van der Waals surface area contributed by atoms with Gasteiger partial charge in [0.15, 0.2) is 6.61 Å². The van der Waals surface area contributed by atoms with Crippen LogP contribution in [-0.4, -0.2) is 35.4 Å². The molecule has 0 bridgehead atoms. The maximum absolute atomic E-state index is 12.1. The predicted molar refractivity (Wildman–Crippen MR) is 106 cm³/mol. The fourth-order valence-electron chi connectivity index (χ4n) is 2.24. The van der Waals surface area contributed by atoms with Gasteiger partial charge in [0.2, 0.25) is 0 Å². The van der Waals surface area contributed by atoms with E-state index in [-0.39, 0.29) is 21.8 Å². The van der Waals surface area contributed by atoms with Crippen molar-refractivity contribution in [3.8, 4) is 6.07 Å². The summed E-state index contributed by atoms with van der Waals surface area (Å²) >= 11 is 5.87. The van der Waals surface area contributed by atoms with Gasteiger partial charge < -0.3 is 15.4 Å². The molecule has 0 radical (unpaired) electrons. The van der Waals surface area contributed by atoms with E-state index in [2.05, 4.69) is 10.6 Å². The number of anilines is 1. The van der Waals surface area contributed by atoms with Crippen molar-refractivity contribution in [2.45, 2.75) is 13.0 Å². The molecule has 154 valence electrons. The average Bonchev–Trinajstić information content (AvgIpc) is 2.72. The van der Waals surface area contributed by atoms with Gasteiger partial charge in [-0.3, -0.25) is 19.7 Å². The molecule has 0 spiro atoms. The van der Waals surface area contributed by atoms with Gasteiger partial charge in [-0.2, -0.15) is 5.26 Å². The summed E-state index contributed by atoms with van der Waals surface area (Å²) in [5.74, 6) is -2.23. The van der Waals surface area contributed by atoms with E-state index < -0.39 is 35.4 Å². The zero-order valence-corrected chi connectivity index (χ0v) is 16.3. The molecule has 11 heteroatoms. The van der Waals surface area contributed by atoms with E-state index in [9.17, 15) is 24.5 Å². The van der Waals surface area contributed by atoms with Crippen molar-refractivity contribution in [3.63, 3.8) is 0 Å². The van der Waals surface area contributed by atoms with Crippen molar-refractivity contribution in [3.05, 3.63) is 68.7 Å². The quantitative estimate of drug-likeness (QED) is 0.388. The minimum Gasteiger partial charge on any atom is -0.454 e. The fourth-order valence-corrected chi connectivity index (χ4v) is 2.46. The number of carbonyl (C=O) groups is 3. The Labute approximate surface area is 175 Å². The summed E-state index contributed by atoms with van der Waals surface area (Å²) in [6, 6.07) is 10.1. The van der Waals surface area contributed by atoms with Crippen molar-refractivity contribution >= 4 is 40.8 Å². The largest absolute Gasteiger partial charge is 0.454 e. The number of halogens is 1. The molecule has 0 aliphatic rings. The monoisotopic (exact) mass is 430 g/mol. The Balaban J connectivity index is 1.86. The van der Waals surface area contributed by atoms with Crippen LogP contribution in [0.3, 0.4) is 0 Å². The van der Waals surface area contributed by atoms with Gasteiger partial charge in [0.1, 0.15) is 12.1 Å². The summed E-state index contributed by atoms with van der Waals surface area (Å²) in [7, 11) is 0. The van der Waals surface area contributed by atoms with Crippen molar-refractivity contribution in [2.75, 3.05) is 11.9 Å². The van der Waals surface area contributed by atoms with E-state index in [0.29, 0.717) is 5.69 Å². The van der Waals surface area contributed by atoms with Crippen LogP contribution >= 0.6 is 11.6 Å². The number of hydrogen-bond acceptors (Lipinski definition) is 7. The van der Waals surface area contributed by atoms with Crippen LogP contribution < -0.4 is 10.6 Å². The van der Waals surface area contributed by atoms with Crippen molar-refractivity contribution in [2.24, 2.45) is 0 Å². The van der Waals surface area contributed by atoms with Gasteiger partial charge in [0, 0.05) is 23.4 Å². The molecular formula is C19H15ClN4O6. The van der Waals surface area contributed by atoms with Crippen LogP contribution in [0.15, 0.2) is 42.5 Å². The van der Waals surface area contributed by atoms with E-state index in [1.165, 1.54) is 43.3 Å². The highest BCUT2D eigenvalue weighted by atomic mass is 35.5. The zero-order chi connectivity index (χ0) is 22.3. The molecule has 0 saturated heterocycles. The average molecular weight is 431 g/mol. The van der Waals surface area contributed by atoms with Crippen LogP contribution in [0.2, 0.25) is 5.02 Å². The summed E-state index contributed by atoms with van der Waals surface area (Å²) in [6.45, 7) is 0.726. The summed E-state index contributed by atoms with van der Waals surface area (Å²) < 4.78 is 4.85. The van der Waals surface area contributed by atoms with E-state index in [1.807, 2.05) is 6.07 Å². The molecule has 2 aromatic carbocycles. The second-order valence-electron chi connectivity index (χ2n) is 5.96. The number of nitro benzene ring substituents is 1. The summed E-state index contributed by atoms with van der Waals surface area (Å²) in [5.41, 5.74) is 0.290. The van der Waals surface area contributed by atoms with Gasteiger partial charge in [-0.25, -0.2) is 4.79 Å². The topological polar surface area (TPSA) is 151 Å². The van der Waals surface area contributed by atoms with Crippen molar-refractivity contribution < 1.29 is 24.0 Å². The molecule has 2 aromatic rings. The molecule has 0 saturated carbocycles. The van der Waals surface area contributed by atoms with Gasteiger partial charge >= 0.3 is 5.97 Å². The Morgan fingerprint density at radius 1 is 1.27 bits per heavy atom. The number of benzene rings is 2. The number of amides is 2. The molecule has 1 unspecified atom stereocenters. The highest BCUT2D eigenvalue weighted by molar-refractivity contribution is 6.32. The van der Waals surface area contributed by atoms with Gasteiger partial charge in [-0.05, 0) is 31.2 Å². The number of hydrogen-bond donors (Lipinski definition) is 2. The number of nitrogens with zero attached hydrogens (tertiary/aromatic N) is 2. The summed E-state index contributed by atoms with van der Waals surface area (Å²) in [5, 5.41) is 24.5. The van der Waals surface area contributed by atoms with Crippen LogP contribution in [0.5, 0.6) is 0 Å². The molecule has 1 atom stereocenters. The number of rotatable bonds is 7. The predicted octanol–water partition coefficient (Wildman–Crippen LogP) is 2.42. The normalized spacial score (nSPS) is 11.0. The molecule has 10 nitrogen and oxygen atoms in total. The van der Waals surface area contributed by atoms with E-state index in [0.717, 1.165) is 6.07 Å². The standard InChI is InChI=1S/C19H15ClN4O6/c1-11(22-18(26)12-3-2-4-15(7-12)24(28)29)19(27)30-10-17(25)23-14-6-5-13(9-21)16(20)8-14/h2-8,11H,10H2,1H3,(H,22,26)(H,23,25). The van der Waals surface area contributed by atoms with Crippen LogP contribution in [0.25, 0.3) is 0 Å². The molecule has 30 heavy (non-hydrogen) atoms. The lowest BCUT2D eigenvalue weighted by molar-refractivity contribution is -0.384. The first-order valence-corrected chi connectivity index (χ1v) is 8.80. The first-order valence-electron chi connectivity index (χ1n) is 8.42. The van der Waals surface area contributed by atoms with E-state index >= 15 is 0 Å². The first-order chi connectivity index (χ1) is 14.2. The maximum Gasteiger partial charge on any atom is 0.328 e. The highest BCUT2D eigenvalue weighted by Gasteiger charge is 2.20.